The molecule has 2 aromatic rings. The Bertz CT molecular complexity index is 675. The van der Waals surface area contributed by atoms with Gasteiger partial charge in [0.15, 0.2) is 0 Å². The summed E-state index contributed by atoms with van der Waals surface area (Å²) in [5.41, 5.74) is 1.45. The summed E-state index contributed by atoms with van der Waals surface area (Å²) in [4.78, 5) is 23.2. The molecule has 6 nitrogen and oxygen atoms in total. The van der Waals surface area contributed by atoms with E-state index in [1.165, 1.54) is 6.07 Å². The van der Waals surface area contributed by atoms with Gasteiger partial charge < -0.3 is 15.0 Å². The van der Waals surface area contributed by atoms with Crippen molar-refractivity contribution in [3.63, 3.8) is 0 Å². The van der Waals surface area contributed by atoms with Crippen molar-refractivity contribution < 1.29 is 4.74 Å². The summed E-state index contributed by atoms with van der Waals surface area (Å²) in [7, 11) is 0. The van der Waals surface area contributed by atoms with Crippen molar-refractivity contribution in [3.8, 4) is 11.4 Å². The SMILES string of the molecule is CCc1cc(=O)[nH]c(-c2ccc(NC3CCCOC3)nc2)n1. The average Bonchev–Trinajstić information content (AvgIpc) is 2.56. The van der Waals surface area contributed by atoms with Crippen LogP contribution in [0.25, 0.3) is 11.4 Å². The first kappa shape index (κ1) is 14.7. The fourth-order valence-corrected chi connectivity index (χ4v) is 2.51. The first-order chi connectivity index (χ1) is 10.7. The number of aromatic amines is 1. The van der Waals surface area contributed by atoms with Crippen molar-refractivity contribution in [2.24, 2.45) is 0 Å². The molecule has 1 fully saturated rings. The van der Waals surface area contributed by atoms with Crippen LogP contribution in [0.4, 0.5) is 5.82 Å². The molecular weight excluding hydrogens is 280 g/mol. The maximum absolute atomic E-state index is 11.6. The molecule has 1 unspecified atom stereocenters. The summed E-state index contributed by atoms with van der Waals surface area (Å²) < 4.78 is 5.45. The van der Waals surface area contributed by atoms with Crippen molar-refractivity contribution in [2.75, 3.05) is 18.5 Å². The van der Waals surface area contributed by atoms with Gasteiger partial charge >= 0.3 is 0 Å². The molecule has 3 rings (SSSR count). The van der Waals surface area contributed by atoms with Crippen molar-refractivity contribution >= 4 is 5.82 Å². The minimum absolute atomic E-state index is 0.136. The van der Waals surface area contributed by atoms with Gasteiger partial charge in [0.25, 0.3) is 5.56 Å². The number of nitrogens with one attached hydrogen (secondary N) is 2. The number of rotatable bonds is 4. The highest BCUT2D eigenvalue weighted by Crippen LogP contribution is 2.17. The number of aryl methyl sites for hydroxylation is 1. The lowest BCUT2D eigenvalue weighted by molar-refractivity contribution is 0.0875. The van der Waals surface area contributed by atoms with Gasteiger partial charge in [0.05, 0.1) is 12.6 Å². The van der Waals surface area contributed by atoms with Crippen LogP contribution in [-0.4, -0.2) is 34.2 Å². The standard InChI is InChI=1S/C16H20N4O2/c1-2-12-8-15(21)20-16(19-12)11-5-6-14(17-9-11)18-13-4-3-7-22-10-13/h5-6,8-9,13H,2-4,7,10H2,1H3,(H,17,18)(H,19,20,21). The van der Waals surface area contributed by atoms with Crippen molar-refractivity contribution in [1.29, 1.82) is 0 Å². The first-order valence-electron chi connectivity index (χ1n) is 7.65. The number of aromatic nitrogens is 3. The molecule has 116 valence electrons. The number of anilines is 1. The van der Waals surface area contributed by atoms with E-state index >= 15 is 0 Å². The minimum atomic E-state index is -0.136. The second kappa shape index (κ2) is 6.70. The molecular formula is C16H20N4O2. The molecule has 1 aliphatic heterocycles. The molecule has 0 aliphatic carbocycles. The zero-order valence-corrected chi connectivity index (χ0v) is 12.6. The lowest BCUT2D eigenvalue weighted by Gasteiger charge is -2.23. The van der Waals surface area contributed by atoms with Crippen LogP contribution < -0.4 is 10.9 Å². The topological polar surface area (TPSA) is 79.9 Å². The number of hydrogen-bond donors (Lipinski definition) is 2. The molecule has 0 amide bonds. The van der Waals surface area contributed by atoms with Crippen LogP contribution in [0.5, 0.6) is 0 Å². The Labute approximate surface area is 129 Å². The summed E-state index contributed by atoms with van der Waals surface area (Å²) in [5, 5.41) is 3.37. The molecule has 6 heteroatoms. The lowest BCUT2D eigenvalue weighted by atomic mass is 10.1. The molecule has 0 spiro atoms. The fraction of sp³-hybridized carbons (Fsp3) is 0.438. The summed E-state index contributed by atoms with van der Waals surface area (Å²) >= 11 is 0. The van der Waals surface area contributed by atoms with Crippen LogP contribution >= 0.6 is 0 Å². The molecule has 0 aromatic carbocycles. The van der Waals surface area contributed by atoms with Gasteiger partial charge in [-0.3, -0.25) is 4.79 Å². The van der Waals surface area contributed by atoms with Gasteiger partial charge in [0, 0.05) is 30.1 Å². The monoisotopic (exact) mass is 300 g/mol. The van der Waals surface area contributed by atoms with Gasteiger partial charge in [-0.25, -0.2) is 9.97 Å². The van der Waals surface area contributed by atoms with Gasteiger partial charge in [0.1, 0.15) is 11.6 Å². The second-order valence-electron chi connectivity index (χ2n) is 5.43. The van der Waals surface area contributed by atoms with Gasteiger partial charge in [-0.05, 0) is 31.4 Å². The average molecular weight is 300 g/mol. The first-order valence-corrected chi connectivity index (χ1v) is 7.65. The number of H-pyrrole nitrogens is 1. The molecule has 1 saturated heterocycles. The van der Waals surface area contributed by atoms with E-state index in [1.54, 1.807) is 6.20 Å². The number of hydrogen-bond acceptors (Lipinski definition) is 5. The van der Waals surface area contributed by atoms with Crippen molar-refractivity contribution in [1.82, 2.24) is 15.0 Å². The van der Waals surface area contributed by atoms with Crippen LogP contribution in [0.2, 0.25) is 0 Å². The van der Waals surface area contributed by atoms with E-state index in [-0.39, 0.29) is 5.56 Å². The molecule has 22 heavy (non-hydrogen) atoms. The van der Waals surface area contributed by atoms with Crippen LogP contribution in [0.15, 0.2) is 29.2 Å². The quantitative estimate of drug-likeness (QED) is 0.902. The second-order valence-corrected chi connectivity index (χ2v) is 5.43. The molecule has 1 atom stereocenters. The number of ether oxygens (including phenoxy) is 1. The Kier molecular flexibility index (Phi) is 4.48. The van der Waals surface area contributed by atoms with Gasteiger partial charge in [-0.15, -0.1) is 0 Å². The Morgan fingerprint density at radius 3 is 3.05 bits per heavy atom. The lowest BCUT2D eigenvalue weighted by Crippen LogP contribution is -2.30. The smallest absolute Gasteiger partial charge is 0.251 e. The largest absolute Gasteiger partial charge is 0.379 e. The highest BCUT2D eigenvalue weighted by atomic mass is 16.5. The predicted molar refractivity (Wildman–Crippen MR) is 84.9 cm³/mol. The molecule has 1 aliphatic rings. The van der Waals surface area contributed by atoms with E-state index in [2.05, 4.69) is 20.3 Å². The summed E-state index contributed by atoms with van der Waals surface area (Å²) in [6, 6.07) is 5.66. The molecule has 0 bridgehead atoms. The summed E-state index contributed by atoms with van der Waals surface area (Å²) in [6.07, 6.45) is 4.62. The summed E-state index contributed by atoms with van der Waals surface area (Å²) in [5.74, 6) is 1.37. The zero-order chi connectivity index (χ0) is 15.4. The highest BCUT2D eigenvalue weighted by Gasteiger charge is 2.14. The molecule has 2 N–H and O–H groups in total. The number of pyridine rings is 1. The minimum Gasteiger partial charge on any atom is -0.379 e. The normalized spacial score (nSPS) is 18.1. The maximum atomic E-state index is 11.6. The van der Waals surface area contributed by atoms with Crippen LogP contribution in [-0.2, 0) is 11.2 Å². The van der Waals surface area contributed by atoms with Crippen LogP contribution in [0, 0.1) is 0 Å². The molecule has 3 heterocycles. The van der Waals surface area contributed by atoms with E-state index in [0.29, 0.717) is 11.9 Å². The third kappa shape index (κ3) is 3.51. The highest BCUT2D eigenvalue weighted by molar-refractivity contribution is 5.56. The predicted octanol–water partition coefficient (Wildman–Crippen LogP) is 1.99. The third-order valence-electron chi connectivity index (χ3n) is 3.71. The van der Waals surface area contributed by atoms with Gasteiger partial charge in [-0.2, -0.15) is 0 Å². The Balaban J connectivity index is 1.76. The van der Waals surface area contributed by atoms with Crippen molar-refractivity contribution in [2.45, 2.75) is 32.2 Å². The Morgan fingerprint density at radius 2 is 2.36 bits per heavy atom. The fourth-order valence-electron chi connectivity index (χ4n) is 2.51. The van der Waals surface area contributed by atoms with E-state index in [4.69, 9.17) is 4.74 Å². The molecule has 0 saturated carbocycles. The number of nitrogens with zero attached hydrogens (tertiary/aromatic N) is 2. The summed E-state index contributed by atoms with van der Waals surface area (Å²) in [6.45, 7) is 3.54. The zero-order valence-electron chi connectivity index (χ0n) is 12.6. The van der Waals surface area contributed by atoms with E-state index in [0.717, 1.165) is 49.6 Å². The molecule has 2 aromatic heterocycles. The van der Waals surface area contributed by atoms with Crippen LogP contribution in [0.3, 0.4) is 0 Å². The Hall–Kier alpha value is -2.21. The van der Waals surface area contributed by atoms with Crippen LogP contribution in [0.1, 0.15) is 25.5 Å². The van der Waals surface area contributed by atoms with E-state index < -0.39 is 0 Å². The van der Waals surface area contributed by atoms with Gasteiger partial charge in [-0.1, -0.05) is 6.92 Å². The maximum Gasteiger partial charge on any atom is 0.251 e. The van der Waals surface area contributed by atoms with Gasteiger partial charge in [0.2, 0.25) is 0 Å². The molecule has 0 radical (unpaired) electrons. The Morgan fingerprint density at radius 1 is 1.45 bits per heavy atom. The van der Waals surface area contributed by atoms with Crippen molar-refractivity contribution in [3.05, 3.63) is 40.4 Å². The van der Waals surface area contributed by atoms with E-state index in [9.17, 15) is 4.79 Å². The third-order valence-corrected chi connectivity index (χ3v) is 3.71. The van der Waals surface area contributed by atoms with E-state index in [1.807, 2.05) is 19.1 Å².